The van der Waals surface area contributed by atoms with Gasteiger partial charge in [0.25, 0.3) is 0 Å². The van der Waals surface area contributed by atoms with Crippen LogP contribution in [-0.4, -0.2) is 29.8 Å². The molecule has 1 aromatic rings. The fourth-order valence-electron chi connectivity index (χ4n) is 2.59. The van der Waals surface area contributed by atoms with Crippen molar-refractivity contribution in [3.8, 4) is 0 Å². The van der Waals surface area contributed by atoms with Gasteiger partial charge in [0.15, 0.2) is 5.78 Å². The van der Waals surface area contributed by atoms with E-state index in [4.69, 9.17) is 0 Å². The molecule has 2 heteroatoms. The van der Waals surface area contributed by atoms with Crippen molar-refractivity contribution in [3.05, 3.63) is 35.9 Å². The molecule has 1 heterocycles. The third kappa shape index (κ3) is 3.16. The topological polar surface area (TPSA) is 20.3 Å². The summed E-state index contributed by atoms with van der Waals surface area (Å²) >= 11 is 0. The average Bonchev–Trinajstić information content (AvgIpc) is 2.90. The predicted octanol–water partition coefficient (Wildman–Crippen LogP) is 3.13. The Balaban J connectivity index is 1.96. The molecular weight excluding hydrogens is 210 g/mol. The number of nitrogens with zero attached hydrogens (tertiary/aromatic N) is 1. The van der Waals surface area contributed by atoms with Gasteiger partial charge < -0.3 is 0 Å². The second kappa shape index (κ2) is 5.97. The number of carbonyl (C=O) groups excluding carboxylic acids is 1. The van der Waals surface area contributed by atoms with Gasteiger partial charge in [-0.05, 0) is 32.4 Å². The molecule has 1 saturated heterocycles. The monoisotopic (exact) mass is 231 g/mol. The molecule has 0 bridgehead atoms. The van der Waals surface area contributed by atoms with Crippen molar-refractivity contribution in [3.63, 3.8) is 0 Å². The number of likely N-dealkylation sites (tertiary alicyclic amines) is 1. The lowest BCUT2D eigenvalue weighted by Gasteiger charge is -2.25. The van der Waals surface area contributed by atoms with Crippen LogP contribution in [0.4, 0.5) is 0 Å². The summed E-state index contributed by atoms with van der Waals surface area (Å²) in [7, 11) is 0. The van der Waals surface area contributed by atoms with Gasteiger partial charge in [-0.1, -0.05) is 37.3 Å². The van der Waals surface area contributed by atoms with Crippen molar-refractivity contribution in [1.82, 2.24) is 4.90 Å². The first-order valence-electron chi connectivity index (χ1n) is 6.63. The van der Waals surface area contributed by atoms with Gasteiger partial charge in [0, 0.05) is 18.0 Å². The minimum Gasteiger partial charge on any atom is -0.300 e. The van der Waals surface area contributed by atoms with E-state index in [1.54, 1.807) is 0 Å². The Morgan fingerprint density at radius 2 is 1.88 bits per heavy atom. The van der Waals surface area contributed by atoms with Crippen molar-refractivity contribution in [2.24, 2.45) is 0 Å². The quantitative estimate of drug-likeness (QED) is 0.726. The number of hydrogen-bond donors (Lipinski definition) is 0. The van der Waals surface area contributed by atoms with E-state index >= 15 is 0 Å². The van der Waals surface area contributed by atoms with Crippen LogP contribution in [-0.2, 0) is 0 Å². The highest BCUT2D eigenvalue weighted by Crippen LogP contribution is 2.18. The largest absolute Gasteiger partial charge is 0.300 e. The van der Waals surface area contributed by atoms with Crippen molar-refractivity contribution in [1.29, 1.82) is 0 Å². The number of benzene rings is 1. The highest BCUT2D eigenvalue weighted by atomic mass is 16.1. The normalized spacial score (nSPS) is 18.2. The molecule has 0 spiro atoms. The van der Waals surface area contributed by atoms with Gasteiger partial charge in [0.05, 0.1) is 0 Å². The summed E-state index contributed by atoms with van der Waals surface area (Å²) in [4.78, 5) is 14.6. The van der Waals surface area contributed by atoms with Crippen molar-refractivity contribution in [2.45, 2.75) is 38.6 Å². The summed E-state index contributed by atoms with van der Waals surface area (Å²) in [6.07, 6.45) is 4.31. The van der Waals surface area contributed by atoms with Crippen LogP contribution in [0.5, 0.6) is 0 Å². The third-order valence-corrected chi connectivity index (χ3v) is 3.65. The van der Waals surface area contributed by atoms with Crippen LogP contribution in [0.2, 0.25) is 0 Å². The highest BCUT2D eigenvalue weighted by molar-refractivity contribution is 5.96. The Morgan fingerprint density at radius 3 is 2.47 bits per heavy atom. The molecule has 0 radical (unpaired) electrons. The van der Waals surface area contributed by atoms with Crippen LogP contribution in [0.15, 0.2) is 30.3 Å². The summed E-state index contributed by atoms with van der Waals surface area (Å²) in [6.45, 7) is 4.52. The second-order valence-corrected chi connectivity index (χ2v) is 4.80. The lowest BCUT2D eigenvalue weighted by atomic mass is 10.0. The molecule has 92 valence electrons. The first kappa shape index (κ1) is 12.3. The van der Waals surface area contributed by atoms with Crippen molar-refractivity contribution in [2.75, 3.05) is 13.1 Å². The molecule has 2 nitrogen and oxygen atoms in total. The highest BCUT2D eigenvalue weighted by Gasteiger charge is 2.22. The molecule has 1 fully saturated rings. The number of rotatable bonds is 5. The molecular formula is C15H21NO. The molecule has 0 aliphatic carbocycles. The number of ketones is 1. The van der Waals surface area contributed by atoms with Crippen LogP contribution in [0.1, 0.15) is 43.0 Å². The molecule has 1 unspecified atom stereocenters. The van der Waals surface area contributed by atoms with Crippen LogP contribution < -0.4 is 0 Å². The van der Waals surface area contributed by atoms with Crippen LogP contribution in [0.25, 0.3) is 0 Å². The molecule has 1 aromatic carbocycles. The number of Topliss-reactive ketones (excluding diaryl/α,β-unsaturated/α-hetero) is 1. The van der Waals surface area contributed by atoms with Gasteiger partial charge in [0.2, 0.25) is 0 Å². The van der Waals surface area contributed by atoms with Gasteiger partial charge in [-0.2, -0.15) is 0 Å². The molecule has 1 aliphatic heterocycles. The summed E-state index contributed by atoms with van der Waals surface area (Å²) in [5.74, 6) is 0.282. The summed E-state index contributed by atoms with van der Waals surface area (Å²) in [5.41, 5.74) is 0.852. The molecule has 0 N–H and O–H groups in total. The van der Waals surface area contributed by atoms with Gasteiger partial charge in [-0.15, -0.1) is 0 Å². The van der Waals surface area contributed by atoms with E-state index in [2.05, 4.69) is 11.8 Å². The van der Waals surface area contributed by atoms with E-state index in [9.17, 15) is 4.79 Å². The summed E-state index contributed by atoms with van der Waals surface area (Å²) in [5, 5.41) is 0. The van der Waals surface area contributed by atoms with E-state index in [-0.39, 0.29) is 5.78 Å². The van der Waals surface area contributed by atoms with E-state index in [0.29, 0.717) is 12.5 Å². The van der Waals surface area contributed by atoms with Crippen LogP contribution >= 0.6 is 0 Å². The molecule has 0 saturated carbocycles. The zero-order valence-electron chi connectivity index (χ0n) is 10.6. The fraction of sp³-hybridized carbons (Fsp3) is 0.533. The van der Waals surface area contributed by atoms with Gasteiger partial charge in [-0.25, -0.2) is 0 Å². The van der Waals surface area contributed by atoms with Crippen molar-refractivity contribution >= 4 is 5.78 Å². The maximum absolute atomic E-state index is 12.1. The van der Waals surface area contributed by atoms with Gasteiger partial charge in [0.1, 0.15) is 0 Å². The molecule has 0 amide bonds. The average molecular weight is 231 g/mol. The molecule has 17 heavy (non-hydrogen) atoms. The zero-order chi connectivity index (χ0) is 12.1. The Kier molecular flexibility index (Phi) is 4.32. The van der Waals surface area contributed by atoms with E-state index in [1.165, 1.54) is 25.9 Å². The number of carbonyl (C=O) groups is 1. The molecule has 1 atom stereocenters. The minimum atomic E-state index is 0.282. The van der Waals surface area contributed by atoms with E-state index in [1.807, 2.05) is 30.3 Å². The standard InChI is InChI=1S/C15H21NO/c1-2-14(16-10-6-7-11-16)12-15(17)13-8-4-3-5-9-13/h3-5,8-9,14H,2,6-7,10-12H2,1H3. The second-order valence-electron chi connectivity index (χ2n) is 4.80. The lowest BCUT2D eigenvalue weighted by Crippen LogP contribution is -2.34. The Bertz CT molecular complexity index is 354. The first-order chi connectivity index (χ1) is 8.31. The van der Waals surface area contributed by atoms with Gasteiger partial charge in [-0.3, -0.25) is 9.69 Å². The third-order valence-electron chi connectivity index (χ3n) is 3.65. The zero-order valence-corrected chi connectivity index (χ0v) is 10.6. The molecule has 1 aliphatic rings. The maximum Gasteiger partial charge on any atom is 0.164 e. The Labute approximate surface area is 104 Å². The first-order valence-corrected chi connectivity index (χ1v) is 6.63. The molecule has 2 rings (SSSR count). The number of hydrogen-bond acceptors (Lipinski definition) is 2. The van der Waals surface area contributed by atoms with E-state index in [0.717, 1.165) is 12.0 Å². The van der Waals surface area contributed by atoms with Gasteiger partial charge >= 0.3 is 0 Å². The summed E-state index contributed by atoms with van der Waals surface area (Å²) in [6, 6.07) is 10.1. The van der Waals surface area contributed by atoms with Crippen LogP contribution in [0.3, 0.4) is 0 Å². The Hall–Kier alpha value is -1.15. The van der Waals surface area contributed by atoms with Crippen molar-refractivity contribution < 1.29 is 4.79 Å². The molecule has 0 aromatic heterocycles. The smallest absolute Gasteiger partial charge is 0.164 e. The fourth-order valence-corrected chi connectivity index (χ4v) is 2.59. The SMILES string of the molecule is CCC(CC(=O)c1ccccc1)N1CCCC1. The van der Waals surface area contributed by atoms with E-state index < -0.39 is 0 Å². The maximum atomic E-state index is 12.1. The predicted molar refractivity (Wildman–Crippen MR) is 70.3 cm³/mol. The Morgan fingerprint density at radius 1 is 1.24 bits per heavy atom. The van der Waals surface area contributed by atoms with Crippen LogP contribution in [0, 0.1) is 0 Å². The minimum absolute atomic E-state index is 0.282. The summed E-state index contributed by atoms with van der Waals surface area (Å²) < 4.78 is 0. The lowest BCUT2D eigenvalue weighted by molar-refractivity contribution is 0.0930.